The van der Waals surface area contributed by atoms with Crippen LogP contribution >= 0.6 is 11.6 Å². The van der Waals surface area contributed by atoms with Gasteiger partial charge < -0.3 is 24.9 Å². The number of benzene rings is 2. The Kier molecular flexibility index (Phi) is 6.52. The van der Waals surface area contributed by atoms with Crippen molar-refractivity contribution >= 4 is 34.1 Å². The molecule has 0 radical (unpaired) electrons. The lowest BCUT2D eigenvalue weighted by atomic mass is 9.97. The Morgan fingerprint density at radius 1 is 1.27 bits per heavy atom. The molecule has 1 aromatic heterocycles. The summed E-state index contributed by atoms with van der Waals surface area (Å²) in [5.74, 6) is 0.222. The predicted octanol–water partition coefficient (Wildman–Crippen LogP) is 3.32. The van der Waals surface area contributed by atoms with Crippen LogP contribution in [0.1, 0.15) is 48.5 Å². The highest BCUT2D eigenvalue weighted by molar-refractivity contribution is 6.46. The first-order valence-electron chi connectivity index (χ1n) is 12.8. The maximum Gasteiger partial charge on any atom is 0.274 e. The predicted molar refractivity (Wildman–Crippen MR) is 140 cm³/mol. The summed E-state index contributed by atoms with van der Waals surface area (Å²) in [7, 11) is 1.88. The van der Waals surface area contributed by atoms with Crippen LogP contribution in [0, 0.1) is 0 Å². The lowest BCUT2D eigenvalue weighted by Gasteiger charge is -2.29. The van der Waals surface area contributed by atoms with Crippen LogP contribution in [0.2, 0.25) is 5.02 Å². The average molecular weight is 524 g/mol. The average Bonchev–Trinajstić information content (AvgIpc) is 3.41. The molecule has 2 atom stereocenters. The molecule has 1 saturated carbocycles. The number of fused-ring (bicyclic) bond motifs is 3. The molecule has 6 rings (SSSR count). The third-order valence-electron chi connectivity index (χ3n) is 7.34. The summed E-state index contributed by atoms with van der Waals surface area (Å²) in [5, 5.41) is 24.3. The van der Waals surface area contributed by atoms with Crippen molar-refractivity contribution in [3.05, 3.63) is 58.2 Å². The molecule has 0 spiro atoms. The molecule has 0 bridgehead atoms. The quantitative estimate of drug-likeness (QED) is 0.470. The van der Waals surface area contributed by atoms with Gasteiger partial charge in [0.05, 0.1) is 28.9 Å². The number of rotatable bonds is 8. The first kappa shape index (κ1) is 24.2. The minimum atomic E-state index is -0.970. The molecular formula is C27H30ClN5O4. The van der Waals surface area contributed by atoms with Crippen LogP contribution in [-0.2, 0) is 23.3 Å². The molecule has 3 aliphatic rings. The van der Waals surface area contributed by atoms with Crippen LogP contribution in [0.5, 0.6) is 5.75 Å². The van der Waals surface area contributed by atoms with E-state index in [-0.39, 0.29) is 18.4 Å². The second-order valence-electron chi connectivity index (χ2n) is 10.0. The fraction of sp³-hybridized carbons (Fsp3) is 0.444. The highest BCUT2D eigenvalue weighted by Crippen LogP contribution is 2.34. The number of hydrogen-bond acceptors (Lipinski definition) is 7. The van der Waals surface area contributed by atoms with E-state index in [9.17, 15) is 9.90 Å². The smallest absolute Gasteiger partial charge is 0.274 e. The molecule has 3 heterocycles. The van der Waals surface area contributed by atoms with Gasteiger partial charge in [0.1, 0.15) is 18.5 Å². The van der Waals surface area contributed by atoms with Crippen molar-refractivity contribution in [3.8, 4) is 5.75 Å². The summed E-state index contributed by atoms with van der Waals surface area (Å²) < 4.78 is 7.63. The van der Waals surface area contributed by atoms with Crippen LogP contribution in [0.25, 0.3) is 10.9 Å². The summed E-state index contributed by atoms with van der Waals surface area (Å²) in [4.78, 5) is 21.3. The second-order valence-corrected chi connectivity index (χ2v) is 10.5. The SMILES string of the molecule is Cn1ncc2c3c(ccc21)C(C(=O)NC(CN1CCCC1)C(O)c1ccc(OC2CC2)c(Cl)c1)=NOC3. The Bertz CT molecular complexity index is 1360. The molecule has 2 unspecified atom stereocenters. The van der Waals surface area contributed by atoms with Crippen molar-refractivity contribution in [1.82, 2.24) is 20.0 Å². The Labute approximate surface area is 220 Å². The molecule has 2 N–H and O–H groups in total. The summed E-state index contributed by atoms with van der Waals surface area (Å²) in [5.41, 5.74) is 3.36. The van der Waals surface area contributed by atoms with E-state index in [0.717, 1.165) is 55.2 Å². The lowest BCUT2D eigenvalue weighted by molar-refractivity contribution is -0.116. The van der Waals surface area contributed by atoms with E-state index in [2.05, 4.69) is 20.5 Å². The minimum Gasteiger partial charge on any atom is -0.489 e. The molecule has 194 valence electrons. The molecule has 10 heteroatoms. The highest BCUT2D eigenvalue weighted by atomic mass is 35.5. The minimum absolute atomic E-state index is 0.192. The monoisotopic (exact) mass is 523 g/mol. The Balaban J connectivity index is 1.25. The van der Waals surface area contributed by atoms with E-state index in [1.165, 1.54) is 0 Å². The first-order valence-corrected chi connectivity index (χ1v) is 13.2. The molecule has 3 aromatic rings. The van der Waals surface area contributed by atoms with Crippen molar-refractivity contribution in [2.75, 3.05) is 19.6 Å². The van der Waals surface area contributed by atoms with E-state index in [1.807, 2.05) is 25.2 Å². The van der Waals surface area contributed by atoms with E-state index in [1.54, 1.807) is 23.0 Å². The van der Waals surface area contributed by atoms with Crippen LogP contribution in [-0.4, -0.2) is 63.2 Å². The molecule has 1 amide bonds. The number of aliphatic hydroxyl groups excluding tert-OH is 1. The van der Waals surface area contributed by atoms with Gasteiger partial charge >= 0.3 is 0 Å². The number of aliphatic hydroxyl groups is 1. The summed E-state index contributed by atoms with van der Waals surface area (Å²) >= 11 is 6.48. The number of nitrogens with one attached hydrogen (secondary N) is 1. The Morgan fingerprint density at radius 2 is 2.08 bits per heavy atom. The van der Waals surface area contributed by atoms with Gasteiger partial charge in [-0.1, -0.05) is 22.8 Å². The number of nitrogens with zero attached hydrogens (tertiary/aromatic N) is 4. The molecular weight excluding hydrogens is 494 g/mol. The third-order valence-corrected chi connectivity index (χ3v) is 7.64. The van der Waals surface area contributed by atoms with Gasteiger partial charge in [0.25, 0.3) is 5.91 Å². The van der Waals surface area contributed by atoms with Gasteiger partial charge in [0.15, 0.2) is 5.71 Å². The molecule has 37 heavy (non-hydrogen) atoms. The van der Waals surface area contributed by atoms with Gasteiger partial charge in [0.2, 0.25) is 0 Å². The number of ether oxygens (including phenoxy) is 1. The first-order chi connectivity index (χ1) is 18.0. The van der Waals surface area contributed by atoms with E-state index in [4.69, 9.17) is 21.2 Å². The number of oxime groups is 1. The zero-order valence-corrected chi connectivity index (χ0v) is 21.4. The number of carbonyl (C=O) groups excluding carboxylic acids is 1. The highest BCUT2D eigenvalue weighted by Gasteiger charge is 2.32. The number of aromatic nitrogens is 2. The molecule has 2 fully saturated rings. The van der Waals surface area contributed by atoms with Crippen LogP contribution < -0.4 is 10.1 Å². The maximum absolute atomic E-state index is 13.6. The molecule has 1 aliphatic carbocycles. The normalized spacial score (nSPS) is 19.2. The number of halogens is 1. The Morgan fingerprint density at radius 3 is 2.84 bits per heavy atom. The molecule has 9 nitrogen and oxygen atoms in total. The molecule has 2 aromatic carbocycles. The fourth-order valence-electron chi connectivity index (χ4n) is 5.14. The van der Waals surface area contributed by atoms with Crippen LogP contribution in [0.15, 0.2) is 41.7 Å². The van der Waals surface area contributed by atoms with E-state index < -0.39 is 18.1 Å². The van der Waals surface area contributed by atoms with Crippen LogP contribution in [0.4, 0.5) is 0 Å². The van der Waals surface area contributed by atoms with Crippen molar-refractivity contribution in [1.29, 1.82) is 0 Å². The second kappa shape index (κ2) is 9.96. The lowest BCUT2D eigenvalue weighted by Crippen LogP contribution is -2.49. The van der Waals surface area contributed by atoms with Crippen molar-refractivity contribution in [2.24, 2.45) is 12.2 Å². The summed E-state index contributed by atoms with van der Waals surface area (Å²) in [6, 6.07) is 8.56. The Hall–Kier alpha value is -3.14. The van der Waals surface area contributed by atoms with Gasteiger partial charge in [-0.2, -0.15) is 5.10 Å². The van der Waals surface area contributed by atoms with Gasteiger partial charge in [-0.3, -0.25) is 9.48 Å². The van der Waals surface area contributed by atoms with Gasteiger partial charge in [-0.25, -0.2) is 0 Å². The van der Waals surface area contributed by atoms with Gasteiger partial charge in [-0.05, 0) is 68.6 Å². The third kappa shape index (κ3) is 4.91. The molecule has 1 saturated heterocycles. The summed E-state index contributed by atoms with van der Waals surface area (Å²) in [6.07, 6.45) is 5.31. The van der Waals surface area contributed by atoms with Crippen molar-refractivity contribution in [2.45, 2.75) is 50.5 Å². The number of amides is 1. The maximum atomic E-state index is 13.6. The van der Waals surface area contributed by atoms with Crippen LogP contribution in [0.3, 0.4) is 0 Å². The van der Waals surface area contributed by atoms with Crippen molar-refractivity contribution in [3.63, 3.8) is 0 Å². The summed E-state index contributed by atoms with van der Waals surface area (Å²) in [6.45, 7) is 2.63. The number of aryl methyl sites for hydroxylation is 1. The van der Waals surface area contributed by atoms with E-state index >= 15 is 0 Å². The number of hydrogen-bond donors (Lipinski definition) is 2. The zero-order valence-electron chi connectivity index (χ0n) is 20.7. The number of likely N-dealkylation sites (tertiary alicyclic amines) is 1. The van der Waals surface area contributed by atoms with Gasteiger partial charge in [0, 0.05) is 30.1 Å². The standard InChI is InChI=1S/C27H30ClN5O4/c1-32-23-8-7-18-20(19(23)13-29-32)15-36-31-25(18)27(35)30-22(14-33-10-2-3-11-33)26(34)16-4-9-24(21(28)12-16)37-17-5-6-17/h4,7-9,12-13,17,22,26,34H,2-3,5-6,10-11,14-15H2,1H3,(H,30,35). The van der Waals surface area contributed by atoms with Crippen molar-refractivity contribution < 1.29 is 19.5 Å². The topological polar surface area (TPSA) is 101 Å². The molecule has 2 aliphatic heterocycles. The largest absolute Gasteiger partial charge is 0.489 e. The zero-order chi connectivity index (χ0) is 25.5. The van der Waals surface area contributed by atoms with Gasteiger partial charge in [-0.15, -0.1) is 0 Å². The van der Waals surface area contributed by atoms with E-state index in [0.29, 0.717) is 28.4 Å². The number of carbonyl (C=O) groups is 1. The fourth-order valence-corrected chi connectivity index (χ4v) is 5.37.